The minimum atomic E-state index is 0.760. The van der Waals surface area contributed by atoms with Crippen molar-refractivity contribution in [2.24, 2.45) is 0 Å². The molecule has 1 fully saturated rings. The van der Waals surface area contributed by atoms with Gasteiger partial charge in [-0.25, -0.2) is 0 Å². The molecular weight excluding hydrogens is 242 g/mol. The molecule has 0 aromatic carbocycles. The van der Waals surface area contributed by atoms with Gasteiger partial charge < -0.3 is 15.1 Å². The van der Waals surface area contributed by atoms with Crippen LogP contribution in [0.5, 0.6) is 0 Å². The molecule has 1 atom stereocenters. The lowest BCUT2D eigenvalue weighted by Gasteiger charge is -2.20. The number of nitrogens with zero attached hydrogens (tertiary/aromatic N) is 2. The van der Waals surface area contributed by atoms with Crippen LogP contribution in [0.25, 0.3) is 0 Å². The van der Waals surface area contributed by atoms with E-state index in [-0.39, 0.29) is 0 Å². The summed E-state index contributed by atoms with van der Waals surface area (Å²) < 4.78 is 0. The topological polar surface area (TPSA) is 18.5 Å². The number of likely N-dealkylation sites (N-methyl/N-ethyl adjacent to an activating group) is 1. The Bertz CT molecular complexity index is 324. The number of thiophene rings is 1. The average Bonchev–Trinajstić information content (AvgIpc) is 2.98. The van der Waals surface area contributed by atoms with Gasteiger partial charge in [0.15, 0.2) is 0 Å². The summed E-state index contributed by atoms with van der Waals surface area (Å²) in [6, 6.07) is 2.98. The Morgan fingerprint density at radius 2 is 2.33 bits per heavy atom. The molecule has 3 nitrogen and oxygen atoms in total. The van der Waals surface area contributed by atoms with Crippen molar-refractivity contribution in [3.63, 3.8) is 0 Å². The quantitative estimate of drug-likeness (QED) is 0.756. The molecule has 0 bridgehead atoms. The third-order valence-corrected chi connectivity index (χ3v) is 4.49. The maximum atomic E-state index is 3.54. The van der Waals surface area contributed by atoms with E-state index in [1.807, 2.05) is 0 Å². The fourth-order valence-corrected chi connectivity index (χ4v) is 3.17. The number of hydrogen-bond donors (Lipinski definition) is 1. The molecule has 4 heteroatoms. The van der Waals surface area contributed by atoms with Gasteiger partial charge in [-0.2, -0.15) is 11.3 Å². The molecule has 1 saturated heterocycles. The van der Waals surface area contributed by atoms with Gasteiger partial charge in [0.1, 0.15) is 0 Å². The Hall–Kier alpha value is -0.420. The number of hydrogen-bond acceptors (Lipinski definition) is 4. The Morgan fingerprint density at radius 3 is 3.00 bits per heavy atom. The van der Waals surface area contributed by atoms with Crippen molar-refractivity contribution < 1.29 is 0 Å². The lowest BCUT2D eigenvalue weighted by atomic mass is 10.2. The van der Waals surface area contributed by atoms with Crippen LogP contribution in [0.3, 0.4) is 0 Å². The summed E-state index contributed by atoms with van der Waals surface area (Å²) >= 11 is 1.79. The molecular formula is C14H25N3S. The van der Waals surface area contributed by atoms with Gasteiger partial charge in [-0.3, -0.25) is 0 Å². The predicted molar refractivity (Wildman–Crippen MR) is 79.4 cm³/mol. The summed E-state index contributed by atoms with van der Waals surface area (Å²) in [4.78, 5) is 4.92. The third kappa shape index (κ3) is 4.35. The highest BCUT2D eigenvalue weighted by molar-refractivity contribution is 7.07. The van der Waals surface area contributed by atoms with Crippen molar-refractivity contribution in [3.8, 4) is 0 Å². The smallest absolute Gasteiger partial charge is 0.0229 e. The van der Waals surface area contributed by atoms with Crippen LogP contribution in [0.4, 0.5) is 0 Å². The van der Waals surface area contributed by atoms with Crippen molar-refractivity contribution >= 4 is 11.3 Å². The zero-order chi connectivity index (χ0) is 12.8. The van der Waals surface area contributed by atoms with Crippen LogP contribution in [0.2, 0.25) is 0 Å². The highest BCUT2D eigenvalue weighted by Gasteiger charge is 2.22. The van der Waals surface area contributed by atoms with Crippen LogP contribution in [0.1, 0.15) is 12.0 Å². The first kappa shape index (κ1) is 14.0. The molecule has 0 spiro atoms. The first-order valence-electron chi connectivity index (χ1n) is 6.86. The summed E-state index contributed by atoms with van der Waals surface area (Å²) in [6.07, 6.45) is 2.48. The van der Waals surface area contributed by atoms with Crippen molar-refractivity contribution in [2.45, 2.75) is 18.9 Å². The van der Waals surface area contributed by atoms with E-state index >= 15 is 0 Å². The van der Waals surface area contributed by atoms with Crippen LogP contribution in [0.15, 0.2) is 16.8 Å². The molecule has 0 amide bonds. The molecule has 1 aromatic rings. The highest BCUT2D eigenvalue weighted by Crippen LogP contribution is 2.12. The SMILES string of the molecule is CN(C)C1CCN(CCNCCc2ccsc2)C1. The van der Waals surface area contributed by atoms with E-state index in [1.165, 1.54) is 31.6 Å². The van der Waals surface area contributed by atoms with Gasteiger partial charge in [0, 0.05) is 25.7 Å². The summed E-state index contributed by atoms with van der Waals surface area (Å²) in [7, 11) is 4.38. The third-order valence-electron chi connectivity index (χ3n) is 3.75. The van der Waals surface area contributed by atoms with Crippen LogP contribution < -0.4 is 5.32 Å². The Kier molecular flexibility index (Phi) is 5.63. The fourth-order valence-electron chi connectivity index (χ4n) is 2.47. The average molecular weight is 267 g/mol. The number of rotatable bonds is 7. The van der Waals surface area contributed by atoms with E-state index in [9.17, 15) is 0 Å². The minimum Gasteiger partial charge on any atom is -0.315 e. The van der Waals surface area contributed by atoms with E-state index in [2.05, 4.69) is 46.0 Å². The van der Waals surface area contributed by atoms with Crippen molar-refractivity contribution in [2.75, 3.05) is 46.8 Å². The lowest BCUT2D eigenvalue weighted by molar-refractivity contribution is 0.268. The van der Waals surface area contributed by atoms with Gasteiger partial charge in [-0.15, -0.1) is 0 Å². The van der Waals surface area contributed by atoms with Gasteiger partial charge in [-0.05, 0) is 62.4 Å². The second-order valence-electron chi connectivity index (χ2n) is 5.34. The van der Waals surface area contributed by atoms with Crippen molar-refractivity contribution in [1.29, 1.82) is 0 Å². The second-order valence-corrected chi connectivity index (χ2v) is 6.12. The minimum absolute atomic E-state index is 0.760. The summed E-state index contributed by atoms with van der Waals surface area (Å²) in [6.45, 7) is 5.90. The van der Waals surface area contributed by atoms with Gasteiger partial charge in [0.2, 0.25) is 0 Å². The molecule has 2 heterocycles. The zero-order valence-electron chi connectivity index (χ0n) is 11.6. The zero-order valence-corrected chi connectivity index (χ0v) is 12.4. The lowest BCUT2D eigenvalue weighted by Crippen LogP contribution is -2.35. The van der Waals surface area contributed by atoms with E-state index in [0.29, 0.717) is 0 Å². The van der Waals surface area contributed by atoms with Crippen LogP contribution in [0, 0.1) is 0 Å². The van der Waals surface area contributed by atoms with E-state index in [4.69, 9.17) is 0 Å². The highest BCUT2D eigenvalue weighted by atomic mass is 32.1. The standard InChI is InChI=1S/C14H25N3S/c1-16(2)14-4-8-17(11-14)9-7-15-6-3-13-5-10-18-12-13/h5,10,12,14-15H,3-4,6-9,11H2,1-2H3. The maximum Gasteiger partial charge on any atom is 0.0229 e. The molecule has 18 heavy (non-hydrogen) atoms. The molecule has 0 radical (unpaired) electrons. The normalized spacial score (nSPS) is 20.9. The van der Waals surface area contributed by atoms with Gasteiger partial charge in [0.25, 0.3) is 0 Å². The Morgan fingerprint density at radius 1 is 1.44 bits per heavy atom. The number of likely N-dealkylation sites (tertiary alicyclic amines) is 1. The van der Waals surface area contributed by atoms with Gasteiger partial charge >= 0.3 is 0 Å². The molecule has 0 saturated carbocycles. The molecule has 1 aliphatic rings. The second kappa shape index (κ2) is 7.24. The first-order valence-corrected chi connectivity index (χ1v) is 7.80. The Balaban J connectivity index is 1.51. The first-order chi connectivity index (χ1) is 8.75. The van der Waals surface area contributed by atoms with Gasteiger partial charge in [-0.1, -0.05) is 0 Å². The summed E-state index contributed by atoms with van der Waals surface area (Å²) in [5.41, 5.74) is 1.46. The summed E-state index contributed by atoms with van der Waals surface area (Å²) in [5.74, 6) is 0. The van der Waals surface area contributed by atoms with E-state index < -0.39 is 0 Å². The number of nitrogens with one attached hydrogen (secondary N) is 1. The molecule has 1 N–H and O–H groups in total. The molecule has 1 aliphatic heterocycles. The largest absolute Gasteiger partial charge is 0.315 e. The van der Waals surface area contributed by atoms with Crippen molar-refractivity contribution in [1.82, 2.24) is 15.1 Å². The van der Waals surface area contributed by atoms with E-state index in [0.717, 1.165) is 25.6 Å². The Labute approximate surface area is 115 Å². The maximum absolute atomic E-state index is 3.54. The fraction of sp³-hybridized carbons (Fsp3) is 0.714. The predicted octanol–water partition coefficient (Wildman–Crippen LogP) is 1.52. The molecule has 1 unspecified atom stereocenters. The molecule has 102 valence electrons. The van der Waals surface area contributed by atoms with Gasteiger partial charge in [0.05, 0.1) is 0 Å². The van der Waals surface area contributed by atoms with Crippen LogP contribution in [-0.2, 0) is 6.42 Å². The van der Waals surface area contributed by atoms with Crippen LogP contribution in [-0.4, -0.2) is 62.7 Å². The van der Waals surface area contributed by atoms with E-state index in [1.54, 1.807) is 11.3 Å². The monoisotopic (exact) mass is 267 g/mol. The van der Waals surface area contributed by atoms with Crippen molar-refractivity contribution in [3.05, 3.63) is 22.4 Å². The molecule has 1 aromatic heterocycles. The molecule has 2 rings (SSSR count). The molecule has 0 aliphatic carbocycles. The van der Waals surface area contributed by atoms with Crippen LogP contribution >= 0.6 is 11.3 Å². The summed E-state index contributed by atoms with van der Waals surface area (Å²) in [5, 5.41) is 7.94.